The van der Waals surface area contributed by atoms with Gasteiger partial charge in [-0.25, -0.2) is 0 Å². The molecule has 0 amide bonds. The van der Waals surface area contributed by atoms with Gasteiger partial charge in [-0.05, 0) is 19.3 Å². The second kappa shape index (κ2) is 4.04. The Hall–Kier alpha value is -1.12. The van der Waals surface area contributed by atoms with Crippen LogP contribution in [0.2, 0.25) is 0 Å². The highest BCUT2D eigenvalue weighted by Crippen LogP contribution is 2.46. The first kappa shape index (κ1) is 11.4. The molecule has 2 aliphatic carbocycles. The number of Topliss-reactive ketones (excluding diaryl/α,β-unsaturated/α-hetero) is 1. The van der Waals surface area contributed by atoms with Gasteiger partial charge in [0, 0.05) is 24.7 Å². The summed E-state index contributed by atoms with van der Waals surface area (Å²) in [5.41, 5.74) is -0.312. The van der Waals surface area contributed by atoms with Gasteiger partial charge < -0.3 is 4.74 Å². The molecule has 2 aliphatic rings. The predicted octanol–water partition coefficient (Wildman–Crippen LogP) is 2.25. The van der Waals surface area contributed by atoms with Crippen molar-refractivity contribution in [3.63, 3.8) is 0 Å². The summed E-state index contributed by atoms with van der Waals surface area (Å²) in [5, 5.41) is 0. The topological polar surface area (TPSA) is 43.4 Å². The lowest BCUT2D eigenvalue weighted by Gasteiger charge is -2.45. The number of ether oxygens (including phenoxy) is 1. The van der Waals surface area contributed by atoms with Crippen molar-refractivity contribution in [2.45, 2.75) is 45.6 Å². The molecule has 0 aliphatic heterocycles. The van der Waals surface area contributed by atoms with Crippen molar-refractivity contribution in [3.05, 3.63) is 12.2 Å². The largest absolute Gasteiger partial charge is 0.462 e. The van der Waals surface area contributed by atoms with Crippen LogP contribution in [0.5, 0.6) is 0 Å². The van der Waals surface area contributed by atoms with E-state index in [1.54, 1.807) is 0 Å². The summed E-state index contributed by atoms with van der Waals surface area (Å²) in [6.45, 7) is 3.45. The molecule has 88 valence electrons. The van der Waals surface area contributed by atoms with Crippen LogP contribution in [0.15, 0.2) is 12.2 Å². The SMILES string of the molecule is CC(=O)O[C@H]1CCC(=O)[C@]2(C)CC=CC[C@H]12. The van der Waals surface area contributed by atoms with Crippen LogP contribution in [0, 0.1) is 11.3 Å². The fourth-order valence-electron chi connectivity index (χ4n) is 2.98. The molecular weight excluding hydrogens is 204 g/mol. The summed E-state index contributed by atoms with van der Waals surface area (Å²) in [5.74, 6) is 0.254. The Bertz CT molecular complexity index is 345. The maximum atomic E-state index is 12.0. The second-order valence-corrected chi connectivity index (χ2v) is 5.04. The van der Waals surface area contributed by atoms with E-state index in [-0.39, 0.29) is 23.4 Å². The molecule has 0 unspecified atom stereocenters. The van der Waals surface area contributed by atoms with Crippen LogP contribution in [0.4, 0.5) is 0 Å². The molecule has 1 fully saturated rings. The zero-order chi connectivity index (χ0) is 11.8. The lowest BCUT2D eigenvalue weighted by Crippen LogP contribution is -2.48. The van der Waals surface area contributed by atoms with Crippen molar-refractivity contribution < 1.29 is 14.3 Å². The minimum Gasteiger partial charge on any atom is -0.462 e. The molecule has 1 saturated carbocycles. The molecular formula is C13H18O3. The lowest BCUT2D eigenvalue weighted by molar-refractivity contribution is -0.161. The number of hydrogen-bond acceptors (Lipinski definition) is 3. The van der Waals surface area contributed by atoms with Crippen LogP contribution in [-0.2, 0) is 14.3 Å². The fourth-order valence-corrected chi connectivity index (χ4v) is 2.98. The fraction of sp³-hybridized carbons (Fsp3) is 0.692. The number of carbonyl (C=O) groups is 2. The minimum absolute atomic E-state index is 0.0786. The summed E-state index contributed by atoms with van der Waals surface area (Å²) in [4.78, 5) is 23.1. The normalized spacial score (nSPS) is 38.0. The molecule has 2 rings (SSSR count). The predicted molar refractivity (Wildman–Crippen MR) is 59.8 cm³/mol. The number of esters is 1. The van der Waals surface area contributed by atoms with E-state index in [1.165, 1.54) is 6.92 Å². The van der Waals surface area contributed by atoms with Crippen LogP contribution in [0.25, 0.3) is 0 Å². The van der Waals surface area contributed by atoms with Crippen LogP contribution in [-0.4, -0.2) is 17.9 Å². The van der Waals surface area contributed by atoms with Gasteiger partial charge in [-0.3, -0.25) is 9.59 Å². The molecule has 0 spiro atoms. The Balaban J connectivity index is 2.22. The Kier molecular flexibility index (Phi) is 2.87. The average molecular weight is 222 g/mol. The summed E-state index contributed by atoms with van der Waals surface area (Å²) in [6.07, 6.45) is 6.95. The molecule has 3 heteroatoms. The van der Waals surface area contributed by atoms with Crippen molar-refractivity contribution in [2.75, 3.05) is 0 Å². The van der Waals surface area contributed by atoms with E-state index in [4.69, 9.17) is 4.74 Å². The lowest BCUT2D eigenvalue weighted by atomic mass is 9.60. The van der Waals surface area contributed by atoms with Crippen LogP contribution >= 0.6 is 0 Å². The van der Waals surface area contributed by atoms with Crippen molar-refractivity contribution >= 4 is 11.8 Å². The number of ketones is 1. The highest BCUT2D eigenvalue weighted by atomic mass is 16.5. The maximum Gasteiger partial charge on any atom is 0.302 e. The summed E-state index contributed by atoms with van der Waals surface area (Å²) in [7, 11) is 0. The molecule has 3 nitrogen and oxygen atoms in total. The first-order chi connectivity index (χ1) is 7.54. The van der Waals surface area contributed by atoms with E-state index in [0.717, 1.165) is 12.8 Å². The van der Waals surface area contributed by atoms with Gasteiger partial charge >= 0.3 is 5.97 Å². The Morgan fingerprint density at radius 3 is 2.94 bits per heavy atom. The number of allylic oxidation sites excluding steroid dienone is 2. The first-order valence-electron chi connectivity index (χ1n) is 5.89. The molecule has 0 saturated heterocycles. The standard InChI is InChI=1S/C13H18O3/c1-9(14)16-11-6-7-12(15)13(2)8-4-3-5-10(11)13/h3-4,10-11H,5-8H2,1-2H3/t10-,11+,13-/m1/s1. The van der Waals surface area contributed by atoms with Crippen LogP contribution < -0.4 is 0 Å². The molecule has 0 bridgehead atoms. The molecule has 0 aromatic heterocycles. The van der Waals surface area contributed by atoms with Gasteiger partial charge in [0.05, 0.1) is 0 Å². The number of carbonyl (C=O) groups excluding carboxylic acids is 2. The van der Waals surface area contributed by atoms with Crippen molar-refractivity contribution in [2.24, 2.45) is 11.3 Å². The van der Waals surface area contributed by atoms with Crippen molar-refractivity contribution in [1.29, 1.82) is 0 Å². The molecule has 3 atom stereocenters. The molecule has 16 heavy (non-hydrogen) atoms. The summed E-state index contributed by atoms with van der Waals surface area (Å²) < 4.78 is 5.35. The minimum atomic E-state index is -0.312. The molecule has 0 aromatic rings. The van der Waals surface area contributed by atoms with E-state index in [2.05, 4.69) is 12.2 Å². The smallest absolute Gasteiger partial charge is 0.302 e. The van der Waals surface area contributed by atoms with Gasteiger partial charge in [-0.15, -0.1) is 0 Å². The number of fused-ring (bicyclic) bond motifs is 1. The third-order valence-corrected chi connectivity index (χ3v) is 3.98. The van der Waals surface area contributed by atoms with Gasteiger partial charge in [-0.1, -0.05) is 19.1 Å². The molecule has 0 radical (unpaired) electrons. The summed E-state index contributed by atoms with van der Waals surface area (Å²) in [6, 6.07) is 0. The van der Waals surface area contributed by atoms with Gasteiger partial charge in [0.15, 0.2) is 0 Å². The highest BCUT2D eigenvalue weighted by Gasteiger charge is 2.48. The zero-order valence-electron chi connectivity index (χ0n) is 9.86. The average Bonchev–Trinajstić information content (AvgIpc) is 2.23. The van der Waals surface area contributed by atoms with Crippen LogP contribution in [0.1, 0.15) is 39.5 Å². The number of rotatable bonds is 1. The first-order valence-corrected chi connectivity index (χ1v) is 5.89. The van der Waals surface area contributed by atoms with E-state index in [0.29, 0.717) is 18.6 Å². The van der Waals surface area contributed by atoms with Crippen molar-refractivity contribution in [1.82, 2.24) is 0 Å². The maximum absolute atomic E-state index is 12.0. The van der Waals surface area contributed by atoms with Gasteiger partial charge in [0.1, 0.15) is 11.9 Å². The van der Waals surface area contributed by atoms with Gasteiger partial charge in [0.2, 0.25) is 0 Å². The quantitative estimate of drug-likeness (QED) is 0.505. The molecule has 0 heterocycles. The third kappa shape index (κ3) is 1.79. The van der Waals surface area contributed by atoms with Crippen molar-refractivity contribution in [3.8, 4) is 0 Å². The number of hydrogen-bond donors (Lipinski definition) is 0. The van der Waals surface area contributed by atoms with E-state index in [1.807, 2.05) is 6.92 Å². The Morgan fingerprint density at radius 2 is 2.25 bits per heavy atom. The second-order valence-electron chi connectivity index (χ2n) is 5.04. The Labute approximate surface area is 95.9 Å². The van der Waals surface area contributed by atoms with Gasteiger partial charge in [0.25, 0.3) is 0 Å². The van der Waals surface area contributed by atoms with Crippen LogP contribution in [0.3, 0.4) is 0 Å². The zero-order valence-corrected chi connectivity index (χ0v) is 9.86. The van der Waals surface area contributed by atoms with E-state index in [9.17, 15) is 9.59 Å². The molecule has 0 aromatic carbocycles. The molecule has 0 N–H and O–H groups in total. The third-order valence-electron chi connectivity index (χ3n) is 3.98. The van der Waals surface area contributed by atoms with Gasteiger partial charge in [-0.2, -0.15) is 0 Å². The highest BCUT2D eigenvalue weighted by molar-refractivity contribution is 5.86. The van der Waals surface area contributed by atoms with E-state index < -0.39 is 0 Å². The summed E-state index contributed by atoms with van der Waals surface area (Å²) >= 11 is 0. The monoisotopic (exact) mass is 222 g/mol. The Morgan fingerprint density at radius 1 is 1.50 bits per heavy atom. The van der Waals surface area contributed by atoms with E-state index >= 15 is 0 Å².